The summed E-state index contributed by atoms with van der Waals surface area (Å²) in [5.41, 5.74) is 2.18. The van der Waals surface area contributed by atoms with E-state index in [2.05, 4.69) is 18.3 Å². The highest BCUT2D eigenvalue weighted by atomic mass is 35.5. The molecule has 1 nitrogen and oxygen atoms in total. The van der Waals surface area contributed by atoms with Crippen molar-refractivity contribution >= 4 is 34.8 Å². The molecule has 2 aromatic rings. The Morgan fingerprint density at radius 2 is 1.67 bits per heavy atom. The van der Waals surface area contributed by atoms with Gasteiger partial charge in [0.1, 0.15) is 0 Å². The Balaban J connectivity index is 2.28. The Hall–Kier alpha value is -0.730. The van der Waals surface area contributed by atoms with E-state index >= 15 is 0 Å². The van der Waals surface area contributed by atoms with Gasteiger partial charge in [-0.15, -0.1) is 0 Å². The van der Waals surface area contributed by atoms with E-state index in [1.54, 1.807) is 0 Å². The molecule has 0 saturated heterocycles. The van der Waals surface area contributed by atoms with Crippen molar-refractivity contribution in [3.63, 3.8) is 0 Å². The summed E-state index contributed by atoms with van der Waals surface area (Å²) in [6, 6.07) is 13.7. The number of halogens is 3. The van der Waals surface area contributed by atoms with Crippen molar-refractivity contribution in [2.24, 2.45) is 0 Å². The molecular weight excluding hydrogens is 325 g/mol. The van der Waals surface area contributed by atoms with E-state index in [4.69, 9.17) is 34.8 Å². The van der Waals surface area contributed by atoms with Crippen LogP contribution in [0.25, 0.3) is 0 Å². The molecule has 0 bridgehead atoms. The molecule has 0 spiro atoms. The Morgan fingerprint density at radius 3 is 2.38 bits per heavy atom. The molecule has 0 aromatic heterocycles. The predicted molar refractivity (Wildman–Crippen MR) is 92.9 cm³/mol. The number of hydrogen-bond acceptors (Lipinski definition) is 1. The molecule has 2 aromatic carbocycles. The molecular formula is C17H18Cl3N. The van der Waals surface area contributed by atoms with E-state index in [1.165, 1.54) is 0 Å². The largest absolute Gasteiger partial charge is 0.316 e. The quantitative estimate of drug-likeness (QED) is 0.722. The number of likely N-dealkylation sites (N-methyl/N-ethyl adjacent to an activating group) is 1. The zero-order valence-electron chi connectivity index (χ0n) is 11.9. The summed E-state index contributed by atoms with van der Waals surface area (Å²) in [4.78, 5) is 0. The molecule has 0 radical (unpaired) electrons. The summed E-state index contributed by atoms with van der Waals surface area (Å²) < 4.78 is 0. The van der Waals surface area contributed by atoms with E-state index in [0.29, 0.717) is 10.0 Å². The minimum absolute atomic E-state index is 0.259. The summed E-state index contributed by atoms with van der Waals surface area (Å²) >= 11 is 18.8. The van der Waals surface area contributed by atoms with Gasteiger partial charge >= 0.3 is 0 Å². The second kappa shape index (κ2) is 8.05. The molecule has 112 valence electrons. The molecule has 0 fully saturated rings. The fourth-order valence-corrected chi connectivity index (χ4v) is 3.08. The topological polar surface area (TPSA) is 12.0 Å². The monoisotopic (exact) mass is 341 g/mol. The fraction of sp³-hybridized carbons (Fsp3) is 0.294. The molecule has 1 atom stereocenters. The lowest BCUT2D eigenvalue weighted by atomic mass is 9.91. The zero-order valence-corrected chi connectivity index (χ0v) is 14.1. The number of benzene rings is 2. The summed E-state index contributed by atoms with van der Waals surface area (Å²) in [6.45, 7) is 3.86. The SMILES string of the molecule is CCNCC(Cc1cccc(Cl)c1Cl)c1ccccc1Cl. The first-order valence-corrected chi connectivity index (χ1v) is 8.15. The van der Waals surface area contributed by atoms with Crippen LogP contribution in [0, 0.1) is 0 Å². The third-order valence-electron chi connectivity index (χ3n) is 3.48. The van der Waals surface area contributed by atoms with Crippen LogP contribution in [0.1, 0.15) is 24.0 Å². The van der Waals surface area contributed by atoms with Gasteiger partial charge in [-0.3, -0.25) is 0 Å². The fourth-order valence-electron chi connectivity index (χ4n) is 2.39. The molecule has 2 rings (SSSR count). The van der Waals surface area contributed by atoms with Crippen LogP contribution in [0.5, 0.6) is 0 Å². The Kier molecular flexibility index (Phi) is 6.38. The van der Waals surface area contributed by atoms with Crippen LogP contribution in [0.2, 0.25) is 15.1 Å². The lowest BCUT2D eigenvalue weighted by Crippen LogP contribution is -2.23. The van der Waals surface area contributed by atoms with E-state index < -0.39 is 0 Å². The molecule has 4 heteroatoms. The van der Waals surface area contributed by atoms with Crippen molar-refractivity contribution in [1.29, 1.82) is 0 Å². The van der Waals surface area contributed by atoms with Crippen LogP contribution in [-0.2, 0) is 6.42 Å². The second-order valence-electron chi connectivity index (χ2n) is 4.94. The minimum Gasteiger partial charge on any atom is -0.316 e. The van der Waals surface area contributed by atoms with Gasteiger partial charge in [0.2, 0.25) is 0 Å². The van der Waals surface area contributed by atoms with E-state index in [0.717, 1.165) is 35.7 Å². The third kappa shape index (κ3) is 4.37. The van der Waals surface area contributed by atoms with Gasteiger partial charge in [-0.25, -0.2) is 0 Å². The van der Waals surface area contributed by atoms with Crippen LogP contribution in [0.4, 0.5) is 0 Å². The van der Waals surface area contributed by atoms with Gasteiger partial charge < -0.3 is 5.32 Å². The maximum Gasteiger partial charge on any atom is 0.0624 e. The summed E-state index contributed by atoms with van der Waals surface area (Å²) in [6.07, 6.45) is 0.802. The Bertz CT molecular complexity index is 598. The standard InChI is InChI=1S/C17H18Cl3N/c1-2-21-11-13(14-7-3-4-8-15(14)18)10-12-6-5-9-16(19)17(12)20/h3-9,13,21H,2,10-11H2,1H3. The summed E-state index contributed by atoms with van der Waals surface area (Å²) in [5, 5.41) is 5.41. The van der Waals surface area contributed by atoms with Crippen LogP contribution in [-0.4, -0.2) is 13.1 Å². The predicted octanol–water partition coefficient (Wildman–Crippen LogP) is 5.58. The van der Waals surface area contributed by atoms with Gasteiger partial charge in [-0.1, -0.05) is 72.1 Å². The molecule has 0 aliphatic carbocycles. The number of rotatable bonds is 6. The average Bonchev–Trinajstić information content (AvgIpc) is 2.48. The number of hydrogen-bond donors (Lipinski definition) is 1. The van der Waals surface area contributed by atoms with Gasteiger partial charge in [0, 0.05) is 17.5 Å². The molecule has 21 heavy (non-hydrogen) atoms. The molecule has 0 saturated carbocycles. The minimum atomic E-state index is 0.259. The van der Waals surface area contributed by atoms with Crippen molar-refractivity contribution in [2.45, 2.75) is 19.3 Å². The van der Waals surface area contributed by atoms with Gasteiger partial charge in [0.25, 0.3) is 0 Å². The van der Waals surface area contributed by atoms with E-state index in [1.807, 2.05) is 36.4 Å². The van der Waals surface area contributed by atoms with Crippen LogP contribution >= 0.6 is 34.8 Å². The Labute approximate surface area is 141 Å². The van der Waals surface area contributed by atoms with Crippen molar-refractivity contribution in [1.82, 2.24) is 5.32 Å². The zero-order chi connectivity index (χ0) is 15.2. The molecule has 1 N–H and O–H groups in total. The lowest BCUT2D eigenvalue weighted by molar-refractivity contribution is 0.595. The lowest BCUT2D eigenvalue weighted by Gasteiger charge is -2.20. The molecule has 1 unspecified atom stereocenters. The van der Waals surface area contributed by atoms with Crippen molar-refractivity contribution < 1.29 is 0 Å². The first-order chi connectivity index (χ1) is 10.1. The van der Waals surface area contributed by atoms with Crippen molar-refractivity contribution in [3.05, 3.63) is 68.7 Å². The van der Waals surface area contributed by atoms with Gasteiger partial charge in [-0.05, 0) is 36.2 Å². The van der Waals surface area contributed by atoms with Gasteiger partial charge in [-0.2, -0.15) is 0 Å². The highest BCUT2D eigenvalue weighted by Crippen LogP contribution is 2.32. The number of nitrogens with one attached hydrogen (secondary N) is 1. The molecule has 0 amide bonds. The third-order valence-corrected chi connectivity index (χ3v) is 4.69. The first kappa shape index (κ1) is 16.6. The molecule has 0 heterocycles. The summed E-state index contributed by atoms with van der Waals surface area (Å²) in [5.74, 6) is 0.259. The van der Waals surface area contributed by atoms with Crippen LogP contribution in [0.15, 0.2) is 42.5 Å². The normalized spacial score (nSPS) is 12.4. The first-order valence-electron chi connectivity index (χ1n) is 7.01. The van der Waals surface area contributed by atoms with Crippen molar-refractivity contribution in [2.75, 3.05) is 13.1 Å². The Morgan fingerprint density at radius 1 is 0.952 bits per heavy atom. The van der Waals surface area contributed by atoms with Gasteiger partial charge in [0.05, 0.1) is 10.0 Å². The highest BCUT2D eigenvalue weighted by molar-refractivity contribution is 6.42. The maximum atomic E-state index is 6.35. The smallest absolute Gasteiger partial charge is 0.0624 e. The van der Waals surface area contributed by atoms with Crippen LogP contribution < -0.4 is 5.32 Å². The highest BCUT2D eigenvalue weighted by Gasteiger charge is 2.17. The van der Waals surface area contributed by atoms with E-state index in [9.17, 15) is 0 Å². The van der Waals surface area contributed by atoms with Gasteiger partial charge in [0.15, 0.2) is 0 Å². The average molecular weight is 343 g/mol. The van der Waals surface area contributed by atoms with E-state index in [-0.39, 0.29) is 5.92 Å². The second-order valence-corrected chi connectivity index (χ2v) is 6.14. The van der Waals surface area contributed by atoms with Crippen LogP contribution in [0.3, 0.4) is 0 Å². The molecule has 0 aliphatic heterocycles. The molecule has 0 aliphatic rings. The summed E-state index contributed by atoms with van der Waals surface area (Å²) in [7, 11) is 0. The maximum absolute atomic E-state index is 6.35. The van der Waals surface area contributed by atoms with Crippen molar-refractivity contribution in [3.8, 4) is 0 Å².